The molecule has 29 heavy (non-hydrogen) atoms. The van der Waals surface area contributed by atoms with Gasteiger partial charge in [0.15, 0.2) is 0 Å². The van der Waals surface area contributed by atoms with Crippen molar-refractivity contribution in [3.63, 3.8) is 0 Å². The van der Waals surface area contributed by atoms with E-state index in [1.54, 1.807) is 23.5 Å². The largest absolute Gasteiger partial charge is 0.497 e. The molecule has 6 nitrogen and oxygen atoms in total. The first-order valence-corrected chi connectivity index (χ1v) is 12.3. The van der Waals surface area contributed by atoms with Gasteiger partial charge in [-0.15, -0.1) is 11.3 Å². The first-order valence-electron chi connectivity index (χ1n) is 10.0. The van der Waals surface area contributed by atoms with E-state index >= 15 is 0 Å². The molecule has 0 bridgehead atoms. The topological polar surface area (TPSA) is 66.9 Å². The number of likely N-dealkylation sites (tertiary alicyclic amines) is 1. The number of hydrogen-bond acceptors (Lipinski definition) is 5. The monoisotopic (exact) mass is 434 g/mol. The number of nitrogens with zero attached hydrogens (tertiary/aromatic N) is 2. The van der Waals surface area contributed by atoms with E-state index in [-0.39, 0.29) is 18.4 Å². The number of benzene rings is 1. The predicted molar refractivity (Wildman–Crippen MR) is 113 cm³/mol. The van der Waals surface area contributed by atoms with Crippen LogP contribution in [0.4, 0.5) is 0 Å². The minimum absolute atomic E-state index is 0.0512. The van der Waals surface area contributed by atoms with Crippen LogP contribution in [0.15, 0.2) is 40.6 Å². The molecule has 1 aromatic heterocycles. The number of carbonyl (C=O) groups excluding carboxylic acids is 1. The molecule has 0 saturated carbocycles. The van der Waals surface area contributed by atoms with Crippen molar-refractivity contribution in [2.45, 2.75) is 42.4 Å². The Bertz CT molecular complexity index is 963. The van der Waals surface area contributed by atoms with Crippen LogP contribution in [0.3, 0.4) is 0 Å². The minimum atomic E-state index is -3.42. The number of carbonyl (C=O) groups is 1. The third kappa shape index (κ3) is 4.20. The van der Waals surface area contributed by atoms with Crippen molar-refractivity contribution in [3.8, 4) is 5.75 Å². The molecule has 2 aliphatic heterocycles. The van der Waals surface area contributed by atoms with Crippen molar-refractivity contribution in [2.24, 2.45) is 0 Å². The third-order valence-corrected chi connectivity index (χ3v) is 9.15. The average molecular weight is 435 g/mol. The standard InChI is InChI=1S/C21H26N2O4S2/c1-27-17-8-6-16(7-9-17)19-5-4-14-23(19)20(24)15-18-10-11-21(28-18)29(25,26)22-12-2-3-13-22/h6-11,19H,2-5,12-15H2,1H3/t19-/m0/s1. The maximum atomic E-state index is 13.0. The van der Waals surface area contributed by atoms with Crippen LogP contribution in [0.2, 0.25) is 0 Å². The van der Waals surface area contributed by atoms with Crippen molar-refractivity contribution in [3.05, 3.63) is 46.8 Å². The number of sulfonamides is 1. The quantitative estimate of drug-likeness (QED) is 0.698. The van der Waals surface area contributed by atoms with Crippen LogP contribution in [-0.4, -0.2) is 50.3 Å². The number of rotatable bonds is 6. The number of methoxy groups -OCH3 is 1. The van der Waals surface area contributed by atoms with Crippen LogP contribution >= 0.6 is 11.3 Å². The first-order chi connectivity index (χ1) is 14.0. The van der Waals surface area contributed by atoms with Crippen LogP contribution in [-0.2, 0) is 21.2 Å². The Morgan fingerprint density at radius 2 is 1.79 bits per heavy atom. The number of thiophene rings is 1. The Hall–Kier alpha value is -1.90. The molecule has 0 unspecified atom stereocenters. The van der Waals surface area contributed by atoms with E-state index in [4.69, 9.17) is 4.74 Å². The van der Waals surface area contributed by atoms with Gasteiger partial charge in [0.25, 0.3) is 10.0 Å². The zero-order valence-electron chi connectivity index (χ0n) is 16.5. The Labute approximate surface area is 176 Å². The zero-order chi connectivity index (χ0) is 20.4. The van der Waals surface area contributed by atoms with Crippen molar-refractivity contribution in [2.75, 3.05) is 26.7 Å². The Morgan fingerprint density at radius 3 is 2.48 bits per heavy atom. The van der Waals surface area contributed by atoms with Gasteiger partial charge in [-0.05, 0) is 55.5 Å². The van der Waals surface area contributed by atoms with Gasteiger partial charge in [0, 0.05) is 24.5 Å². The zero-order valence-corrected chi connectivity index (χ0v) is 18.2. The molecule has 156 valence electrons. The molecule has 0 radical (unpaired) electrons. The lowest BCUT2D eigenvalue weighted by molar-refractivity contribution is -0.131. The van der Waals surface area contributed by atoms with E-state index in [0.717, 1.165) is 48.4 Å². The molecule has 4 rings (SSSR count). The predicted octanol–water partition coefficient (Wildman–Crippen LogP) is 3.45. The molecule has 2 aliphatic rings. The Kier molecular flexibility index (Phi) is 5.94. The molecule has 0 aliphatic carbocycles. The van der Waals surface area contributed by atoms with Crippen molar-refractivity contribution in [1.82, 2.24) is 9.21 Å². The summed E-state index contributed by atoms with van der Waals surface area (Å²) in [6.45, 7) is 1.91. The summed E-state index contributed by atoms with van der Waals surface area (Å²) in [4.78, 5) is 15.7. The molecule has 1 amide bonds. The van der Waals surface area contributed by atoms with Gasteiger partial charge in [0.1, 0.15) is 9.96 Å². The summed E-state index contributed by atoms with van der Waals surface area (Å²) < 4.78 is 32.5. The molecule has 8 heteroatoms. The molecule has 0 N–H and O–H groups in total. The lowest BCUT2D eigenvalue weighted by Crippen LogP contribution is -2.31. The summed E-state index contributed by atoms with van der Waals surface area (Å²) in [6, 6.07) is 11.4. The Morgan fingerprint density at radius 1 is 1.07 bits per heavy atom. The average Bonchev–Trinajstić information content (AvgIpc) is 3.49. The highest BCUT2D eigenvalue weighted by Gasteiger charge is 2.31. The van der Waals surface area contributed by atoms with Gasteiger partial charge in [0.05, 0.1) is 19.6 Å². The maximum Gasteiger partial charge on any atom is 0.252 e. The fourth-order valence-electron chi connectivity index (χ4n) is 4.14. The molecule has 3 heterocycles. The third-order valence-electron chi connectivity index (χ3n) is 5.70. The van der Waals surface area contributed by atoms with Crippen LogP contribution in [0, 0.1) is 0 Å². The number of ether oxygens (including phenoxy) is 1. The normalized spacial score (nSPS) is 20.3. The summed E-state index contributed by atoms with van der Waals surface area (Å²) in [5, 5.41) is 0. The van der Waals surface area contributed by atoms with E-state index in [1.165, 1.54) is 11.3 Å². The molecule has 2 saturated heterocycles. The summed E-state index contributed by atoms with van der Waals surface area (Å²) in [5.74, 6) is 0.852. The molecule has 1 aromatic carbocycles. The highest BCUT2D eigenvalue weighted by atomic mass is 32.2. The van der Waals surface area contributed by atoms with Crippen molar-refractivity contribution >= 4 is 27.3 Å². The van der Waals surface area contributed by atoms with E-state index in [9.17, 15) is 13.2 Å². The lowest BCUT2D eigenvalue weighted by atomic mass is 10.0. The number of amides is 1. The van der Waals surface area contributed by atoms with Crippen molar-refractivity contribution < 1.29 is 17.9 Å². The van der Waals surface area contributed by atoms with Gasteiger partial charge in [-0.3, -0.25) is 4.79 Å². The van der Waals surface area contributed by atoms with Gasteiger partial charge in [-0.2, -0.15) is 4.31 Å². The van der Waals surface area contributed by atoms with E-state index < -0.39 is 10.0 Å². The summed E-state index contributed by atoms with van der Waals surface area (Å²) in [5.41, 5.74) is 1.11. The van der Waals surface area contributed by atoms with Gasteiger partial charge in [-0.1, -0.05) is 12.1 Å². The second-order valence-electron chi connectivity index (χ2n) is 7.53. The van der Waals surface area contributed by atoms with Crippen LogP contribution in [0.5, 0.6) is 5.75 Å². The summed E-state index contributed by atoms with van der Waals surface area (Å²) in [6.07, 6.45) is 3.99. The SMILES string of the molecule is COc1ccc([C@@H]2CCCN2C(=O)Cc2ccc(S(=O)(=O)N3CCCC3)s2)cc1. The molecule has 0 spiro atoms. The van der Waals surface area contributed by atoms with Gasteiger partial charge in [-0.25, -0.2) is 8.42 Å². The van der Waals surface area contributed by atoms with Crippen LogP contribution in [0.1, 0.15) is 42.2 Å². The van der Waals surface area contributed by atoms with Gasteiger partial charge in [0.2, 0.25) is 5.91 Å². The highest BCUT2D eigenvalue weighted by molar-refractivity contribution is 7.91. The van der Waals surface area contributed by atoms with Crippen LogP contribution < -0.4 is 4.74 Å². The fourth-order valence-corrected chi connectivity index (χ4v) is 7.15. The second-order valence-corrected chi connectivity index (χ2v) is 10.9. The summed E-state index contributed by atoms with van der Waals surface area (Å²) >= 11 is 1.22. The van der Waals surface area contributed by atoms with Crippen LogP contribution in [0.25, 0.3) is 0 Å². The van der Waals surface area contributed by atoms with E-state index in [1.807, 2.05) is 29.2 Å². The Balaban J connectivity index is 1.45. The molecular weight excluding hydrogens is 408 g/mol. The lowest BCUT2D eigenvalue weighted by Gasteiger charge is -2.25. The van der Waals surface area contributed by atoms with E-state index in [0.29, 0.717) is 17.3 Å². The highest BCUT2D eigenvalue weighted by Crippen LogP contribution is 2.34. The molecule has 1 atom stereocenters. The van der Waals surface area contributed by atoms with E-state index in [2.05, 4.69) is 0 Å². The maximum absolute atomic E-state index is 13.0. The smallest absolute Gasteiger partial charge is 0.252 e. The minimum Gasteiger partial charge on any atom is -0.497 e. The summed E-state index contributed by atoms with van der Waals surface area (Å²) in [7, 11) is -1.78. The molecule has 2 fully saturated rings. The molecular formula is C21H26N2O4S2. The van der Waals surface area contributed by atoms with Gasteiger partial charge < -0.3 is 9.64 Å². The van der Waals surface area contributed by atoms with Gasteiger partial charge >= 0.3 is 0 Å². The first kappa shape index (κ1) is 20.4. The molecule has 2 aromatic rings. The number of hydrogen-bond donors (Lipinski definition) is 0. The second kappa shape index (κ2) is 8.45. The van der Waals surface area contributed by atoms with Crippen molar-refractivity contribution in [1.29, 1.82) is 0 Å². The fraction of sp³-hybridized carbons (Fsp3) is 0.476.